The van der Waals surface area contributed by atoms with Gasteiger partial charge in [0.2, 0.25) is 0 Å². The van der Waals surface area contributed by atoms with Crippen molar-refractivity contribution in [3.8, 4) is 0 Å². The fraction of sp³-hybridized carbons (Fsp3) is 0.318. The maximum atomic E-state index is 5.05. The van der Waals surface area contributed by atoms with Crippen LogP contribution in [-0.2, 0) is 0 Å². The summed E-state index contributed by atoms with van der Waals surface area (Å²) in [5.74, 6) is 0.427. The van der Waals surface area contributed by atoms with E-state index in [0.717, 1.165) is 19.6 Å². The second-order valence-electron chi connectivity index (χ2n) is 6.98. The van der Waals surface area contributed by atoms with Crippen LogP contribution >= 0.6 is 12.4 Å². The van der Waals surface area contributed by atoms with Gasteiger partial charge in [0.15, 0.2) is 0 Å². The van der Waals surface area contributed by atoms with E-state index in [1.54, 1.807) is 0 Å². The molecule has 0 radical (unpaired) electrons. The number of hydrazone groups is 1. The summed E-state index contributed by atoms with van der Waals surface area (Å²) in [6, 6.07) is 21.7. The number of rotatable bonds is 3. The van der Waals surface area contributed by atoms with Gasteiger partial charge >= 0.3 is 0 Å². The summed E-state index contributed by atoms with van der Waals surface area (Å²) in [6.07, 6.45) is 2.31. The molecule has 1 saturated heterocycles. The van der Waals surface area contributed by atoms with Gasteiger partial charge in [-0.1, -0.05) is 60.7 Å². The Morgan fingerprint density at radius 1 is 1.04 bits per heavy atom. The molecule has 2 atom stereocenters. The molecule has 0 aliphatic carbocycles. The fourth-order valence-corrected chi connectivity index (χ4v) is 4.08. The van der Waals surface area contributed by atoms with E-state index >= 15 is 0 Å². The lowest BCUT2D eigenvalue weighted by molar-refractivity contribution is 0.186. The van der Waals surface area contributed by atoms with Crippen LogP contribution in [0.4, 0.5) is 0 Å². The summed E-state index contributed by atoms with van der Waals surface area (Å²) in [4.78, 5) is 2.42. The van der Waals surface area contributed by atoms with Crippen molar-refractivity contribution in [2.75, 3.05) is 26.7 Å². The summed E-state index contributed by atoms with van der Waals surface area (Å²) in [5, 5.41) is 7.32. The Morgan fingerprint density at radius 3 is 2.35 bits per heavy atom. The van der Waals surface area contributed by atoms with Gasteiger partial charge in [0.1, 0.15) is 0 Å². The molecule has 26 heavy (non-hydrogen) atoms. The number of hydrogen-bond acceptors (Lipinski definition) is 3. The molecule has 0 aromatic heterocycles. The zero-order valence-electron chi connectivity index (χ0n) is 15.4. The molecular weight excluding hydrogens is 342 g/mol. The van der Waals surface area contributed by atoms with E-state index in [4.69, 9.17) is 5.10 Å². The van der Waals surface area contributed by atoms with Gasteiger partial charge in [0, 0.05) is 25.6 Å². The number of piperidine rings is 1. The molecule has 136 valence electrons. The number of likely N-dealkylation sites (tertiary alicyclic amines) is 1. The Hall–Kier alpha value is -2.10. The third kappa shape index (κ3) is 3.55. The summed E-state index contributed by atoms with van der Waals surface area (Å²) in [6.45, 7) is 5.15. The molecule has 2 aliphatic heterocycles. The molecule has 0 amide bonds. The standard InChI is InChI=1S/C22H25N3.ClH/c1-3-25-22(18-12-8-5-9-13-18)20-16-24(2)15-19(21(20)23-25)14-17-10-6-4-7-11-17;/h4-14,20,22H,3,15-16H2,1-2H3;1H/b19-14+;. The van der Waals surface area contributed by atoms with Crippen LogP contribution in [0, 0.1) is 5.92 Å². The summed E-state index contributed by atoms with van der Waals surface area (Å²) in [7, 11) is 2.21. The SMILES string of the molecule is CCN1N=C2/C(=C/c3ccccc3)CN(C)CC2C1c1ccccc1.Cl. The minimum absolute atomic E-state index is 0. The number of nitrogens with zero attached hydrogens (tertiary/aromatic N) is 3. The zero-order valence-corrected chi connectivity index (χ0v) is 16.2. The van der Waals surface area contributed by atoms with Crippen molar-refractivity contribution in [2.45, 2.75) is 13.0 Å². The largest absolute Gasteiger partial charge is 0.301 e. The van der Waals surface area contributed by atoms with Crippen LogP contribution in [0.2, 0.25) is 0 Å². The van der Waals surface area contributed by atoms with E-state index in [1.165, 1.54) is 22.4 Å². The van der Waals surface area contributed by atoms with Crippen LogP contribution in [0.15, 0.2) is 71.3 Å². The van der Waals surface area contributed by atoms with Crippen LogP contribution < -0.4 is 0 Å². The summed E-state index contributed by atoms with van der Waals surface area (Å²) in [5.41, 5.74) is 5.24. The zero-order chi connectivity index (χ0) is 17.2. The van der Waals surface area contributed by atoms with Gasteiger partial charge in [0.05, 0.1) is 11.8 Å². The molecule has 4 heteroatoms. The Balaban J connectivity index is 0.00000196. The van der Waals surface area contributed by atoms with Crippen molar-refractivity contribution >= 4 is 24.2 Å². The lowest BCUT2D eigenvalue weighted by Gasteiger charge is -2.34. The number of fused-ring (bicyclic) bond motifs is 1. The third-order valence-corrected chi connectivity index (χ3v) is 5.17. The summed E-state index contributed by atoms with van der Waals surface area (Å²) >= 11 is 0. The van der Waals surface area contributed by atoms with Crippen LogP contribution in [0.25, 0.3) is 6.08 Å². The Kier molecular flexibility index (Phi) is 5.80. The molecular formula is C22H26ClN3. The van der Waals surface area contributed by atoms with Crippen molar-refractivity contribution in [3.63, 3.8) is 0 Å². The lowest BCUT2D eigenvalue weighted by atomic mass is 9.83. The predicted octanol–water partition coefficient (Wildman–Crippen LogP) is 4.49. The quantitative estimate of drug-likeness (QED) is 0.796. The van der Waals surface area contributed by atoms with E-state index in [1.807, 2.05) is 0 Å². The molecule has 2 aromatic rings. The van der Waals surface area contributed by atoms with Gasteiger partial charge in [-0.2, -0.15) is 5.10 Å². The number of benzene rings is 2. The second-order valence-corrected chi connectivity index (χ2v) is 6.98. The van der Waals surface area contributed by atoms with Crippen molar-refractivity contribution < 1.29 is 0 Å². The van der Waals surface area contributed by atoms with Crippen molar-refractivity contribution in [1.82, 2.24) is 9.91 Å². The minimum Gasteiger partial charge on any atom is -0.301 e. The average Bonchev–Trinajstić information content (AvgIpc) is 3.02. The first-order valence-corrected chi connectivity index (χ1v) is 9.11. The van der Waals surface area contributed by atoms with Gasteiger partial charge in [-0.15, -0.1) is 12.4 Å². The highest BCUT2D eigenvalue weighted by Gasteiger charge is 2.42. The van der Waals surface area contributed by atoms with Gasteiger partial charge in [-0.3, -0.25) is 5.01 Å². The van der Waals surface area contributed by atoms with Crippen LogP contribution in [0.3, 0.4) is 0 Å². The molecule has 2 aromatic carbocycles. The number of likely N-dealkylation sites (N-methyl/N-ethyl adjacent to an activating group) is 1. The first-order chi connectivity index (χ1) is 12.3. The smallest absolute Gasteiger partial charge is 0.0816 e. The van der Waals surface area contributed by atoms with Gasteiger partial charge in [-0.05, 0) is 36.7 Å². The highest BCUT2D eigenvalue weighted by Crippen LogP contribution is 2.40. The van der Waals surface area contributed by atoms with Crippen molar-refractivity contribution in [3.05, 3.63) is 77.4 Å². The topological polar surface area (TPSA) is 18.8 Å². The molecule has 2 aliphatic rings. The predicted molar refractivity (Wildman–Crippen MR) is 112 cm³/mol. The molecule has 0 spiro atoms. The Labute approximate surface area is 162 Å². The highest BCUT2D eigenvalue weighted by atomic mass is 35.5. The molecule has 0 saturated carbocycles. The Morgan fingerprint density at radius 2 is 1.69 bits per heavy atom. The van der Waals surface area contributed by atoms with Gasteiger partial charge in [-0.25, -0.2) is 0 Å². The van der Waals surface area contributed by atoms with Crippen LogP contribution in [-0.4, -0.2) is 42.3 Å². The first kappa shape index (κ1) is 18.7. The van der Waals surface area contributed by atoms with E-state index in [9.17, 15) is 0 Å². The molecule has 2 unspecified atom stereocenters. The minimum atomic E-state index is 0. The van der Waals surface area contributed by atoms with Gasteiger partial charge in [0.25, 0.3) is 0 Å². The van der Waals surface area contributed by atoms with E-state index in [2.05, 4.69) is 90.6 Å². The monoisotopic (exact) mass is 367 g/mol. The maximum Gasteiger partial charge on any atom is 0.0816 e. The molecule has 0 bridgehead atoms. The normalized spacial score (nSPS) is 24.2. The van der Waals surface area contributed by atoms with Crippen molar-refractivity contribution in [2.24, 2.45) is 11.0 Å². The number of halogens is 1. The van der Waals surface area contributed by atoms with E-state index in [-0.39, 0.29) is 12.4 Å². The molecule has 4 rings (SSSR count). The van der Waals surface area contributed by atoms with E-state index in [0.29, 0.717) is 12.0 Å². The molecule has 0 N–H and O–H groups in total. The van der Waals surface area contributed by atoms with Crippen molar-refractivity contribution in [1.29, 1.82) is 0 Å². The average molecular weight is 368 g/mol. The molecule has 2 heterocycles. The lowest BCUT2D eigenvalue weighted by Crippen LogP contribution is -2.41. The van der Waals surface area contributed by atoms with Gasteiger partial charge < -0.3 is 4.90 Å². The van der Waals surface area contributed by atoms with Crippen LogP contribution in [0.1, 0.15) is 24.1 Å². The fourth-order valence-electron chi connectivity index (χ4n) is 4.08. The second kappa shape index (κ2) is 8.07. The Bertz CT molecular complexity index is 786. The molecule has 1 fully saturated rings. The summed E-state index contributed by atoms with van der Waals surface area (Å²) < 4.78 is 0. The van der Waals surface area contributed by atoms with Crippen LogP contribution in [0.5, 0.6) is 0 Å². The molecule has 3 nitrogen and oxygen atoms in total. The highest BCUT2D eigenvalue weighted by molar-refractivity contribution is 6.07. The van der Waals surface area contributed by atoms with E-state index < -0.39 is 0 Å². The maximum absolute atomic E-state index is 5.05. The third-order valence-electron chi connectivity index (χ3n) is 5.17. The first-order valence-electron chi connectivity index (χ1n) is 9.11. The number of hydrogen-bond donors (Lipinski definition) is 0.